The van der Waals surface area contributed by atoms with Crippen LogP contribution in [0.25, 0.3) is 0 Å². The van der Waals surface area contributed by atoms with E-state index in [0.29, 0.717) is 16.1 Å². The lowest BCUT2D eigenvalue weighted by Crippen LogP contribution is -2.63. The van der Waals surface area contributed by atoms with E-state index in [2.05, 4.69) is 4.99 Å². The van der Waals surface area contributed by atoms with Crippen LogP contribution >= 0.6 is 11.6 Å². The van der Waals surface area contributed by atoms with Crippen LogP contribution in [0, 0.1) is 0 Å². The molecule has 1 aliphatic rings. The van der Waals surface area contributed by atoms with Gasteiger partial charge in [0.1, 0.15) is 5.84 Å². The van der Waals surface area contributed by atoms with Crippen LogP contribution in [0.15, 0.2) is 59.6 Å². The van der Waals surface area contributed by atoms with Crippen molar-refractivity contribution in [2.45, 2.75) is 25.3 Å². The summed E-state index contributed by atoms with van der Waals surface area (Å²) in [6.07, 6.45) is -5.13. The zero-order chi connectivity index (χ0) is 20.5. The maximum absolute atomic E-state index is 13.9. The van der Waals surface area contributed by atoms with E-state index >= 15 is 0 Å². The van der Waals surface area contributed by atoms with Crippen LogP contribution in [0.1, 0.15) is 18.1 Å². The van der Waals surface area contributed by atoms with Crippen LogP contribution < -0.4 is 5.32 Å². The molecular formula is C19H15ClF3N3O2. The molecule has 0 radical (unpaired) electrons. The quantitative estimate of drug-likeness (QED) is 0.839. The van der Waals surface area contributed by atoms with Crippen LogP contribution in [0.3, 0.4) is 0 Å². The normalized spacial score (nSPS) is 19.5. The summed E-state index contributed by atoms with van der Waals surface area (Å²) in [5, 5.41) is 2.00. The Morgan fingerprint density at radius 3 is 2.32 bits per heavy atom. The second-order valence-corrected chi connectivity index (χ2v) is 6.58. The van der Waals surface area contributed by atoms with Gasteiger partial charge in [0, 0.05) is 17.5 Å². The van der Waals surface area contributed by atoms with Crippen LogP contribution in [-0.4, -0.2) is 34.4 Å². The van der Waals surface area contributed by atoms with E-state index in [9.17, 15) is 22.8 Å². The number of carbonyl (C=O) groups excluding carboxylic acids is 2. The maximum Gasteiger partial charge on any atom is 0.442 e. The summed E-state index contributed by atoms with van der Waals surface area (Å²) in [6.45, 7) is 0.666. The van der Waals surface area contributed by atoms with Gasteiger partial charge in [-0.05, 0) is 11.6 Å². The molecule has 1 N–H and O–H groups in total. The topological polar surface area (TPSA) is 61.8 Å². The number of halogens is 4. The molecule has 1 aliphatic heterocycles. The van der Waals surface area contributed by atoms with Gasteiger partial charge < -0.3 is 5.32 Å². The van der Waals surface area contributed by atoms with Gasteiger partial charge in [0.2, 0.25) is 5.91 Å². The number of aliphatic imine (C=N–C) groups is 1. The lowest BCUT2D eigenvalue weighted by atomic mass is 10.1. The Bertz CT molecular complexity index is 947. The van der Waals surface area contributed by atoms with Crippen LogP contribution in [0.2, 0.25) is 5.02 Å². The van der Waals surface area contributed by atoms with E-state index in [1.807, 2.05) is 0 Å². The Morgan fingerprint density at radius 2 is 1.75 bits per heavy atom. The van der Waals surface area contributed by atoms with E-state index in [-0.39, 0.29) is 12.4 Å². The molecule has 1 heterocycles. The molecule has 0 fully saturated rings. The van der Waals surface area contributed by atoms with Gasteiger partial charge in [-0.2, -0.15) is 13.2 Å². The number of alkyl halides is 3. The molecule has 28 heavy (non-hydrogen) atoms. The smallest absolute Gasteiger partial charge is 0.317 e. The highest BCUT2D eigenvalue weighted by atomic mass is 35.5. The molecule has 0 aliphatic carbocycles. The second kappa shape index (κ2) is 7.27. The standard InChI is InChI=1S/C19H15ClF3N3O2/c1-12(27)24-18(19(21,22)23)17(28)26(11-14-9-5-6-10-15(14)20)16(25-18)13-7-3-2-4-8-13/h2-10H,11H2,1H3,(H,24,27). The van der Waals surface area contributed by atoms with Crippen molar-refractivity contribution in [2.24, 2.45) is 4.99 Å². The summed E-state index contributed by atoms with van der Waals surface area (Å²) in [5.41, 5.74) is -2.63. The third-order valence-corrected chi connectivity index (χ3v) is 4.54. The number of hydrogen-bond donors (Lipinski definition) is 1. The summed E-state index contributed by atoms with van der Waals surface area (Å²) < 4.78 is 41.7. The molecular weight excluding hydrogens is 395 g/mol. The molecule has 146 valence electrons. The number of nitrogens with one attached hydrogen (secondary N) is 1. The fourth-order valence-electron chi connectivity index (χ4n) is 2.90. The summed E-state index contributed by atoms with van der Waals surface area (Å²) >= 11 is 6.12. The fourth-order valence-corrected chi connectivity index (χ4v) is 3.10. The predicted octanol–water partition coefficient (Wildman–Crippen LogP) is 3.52. The van der Waals surface area contributed by atoms with E-state index < -0.39 is 23.7 Å². The van der Waals surface area contributed by atoms with E-state index in [1.54, 1.807) is 47.8 Å². The molecule has 0 saturated heterocycles. The zero-order valence-electron chi connectivity index (χ0n) is 14.6. The van der Waals surface area contributed by atoms with Gasteiger partial charge in [-0.25, -0.2) is 4.99 Å². The maximum atomic E-state index is 13.9. The van der Waals surface area contributed by atoms with Crippen LogP contribution in [0.4, 0.5) is 13.2 Å². The highest BCUT2D eigenvalue weighted by Gasteiger charge is 2.66. The molecule has 3 rings (SSSR count). The van der Waals surface area contributed by atoms with Gasteiger partial charge >= 0.3 is 11.8 Å². The third kappa shape index (κ3) is 3.47. The van der Waals surface area contributed by atoms with Crippen molar-refractivity contribution in [3.63, 3.8) is 0 Å². The highest BCUT2D eigenvalue weighted by Crippen LogP contribution is 2.39. The van der Waals surface area contributed by atoms with Crippen molar-refractivity contribution in [1.29, 1.82) is 0 Å². The van der Waals surface area contributed by atoms with E-state index in [4.69, 9.17) is 11.6 Å². The van der Waals surface area contributed by atoms with Gasteiger partial charge in [-0.15, -0.1) is 0 Å². The Morgan fingerprint density at radius 1 is 1.14 bits per heavy atom. The fraction of sp³-hybridized carbons (Fsp3) is 0.211. The number of benzene rings is 2. The monoisotopic (exact) mass is 409 g/mol. The number of amides is 2. The van der Waals surface area contributed by atoms with Gasteiger partial charge in [0.25, 0.3) is 5.91 Å². The number of carbonyl (C=O) groups is 2. The largest absolute Gasteiger partial charge is 0.442 e. The Labute approximate surface area is 163 Å². The van der Waals surface area contributed by atoms with Crippen molar-refractivity contribution in [3.8, 4) is 0 Å². The molecule has 2 aromatic carbocycles. The van der Waals surface area contributed by atoms with Gasteiger partial charge in [0.05, 0.1) is 6.54 Å². The summed E-state index contributed by atoms with van der Waals surface area (Å²) in [6, 6.07) is 14.5. The first-order valence-corrected chi connectivity index (χ1v) is 8.59. The molecule has 0 spiro atoms. The molecule has 5 nitrogen and oxygen atoms in total. The van der Waals surface area contributed by atoms with Crippen LogP contribution in [-0.2, 0) is 16.1 Å². The number of amidine groups is 1. The van der Waals surface area contributed by atoms with Gasteiger partial charge in [0.15, 0.2) is 0 Å². The summed E-state index contributed by atoms with van der Waals surface area (Å²) in [5.74, 6) is -2.62. The molecule has 0 saturated carbocycles. The molecule has 2 amide bonds. The molecule has 9 heteroatoms. The van der Waals surface area contributed by atoms with Crippen molar-refractivity contribution in [3.05, 3.63) is 70.7 Å². The minimum Gasteiger partial charge on any atom is -0.317 e. The molecule has 1 atom stereocenters. The SMILES string of the molecule is CC(=O)NC1(C(F)(F)F)N=C(c2ccccc2)N(Cc2ccccc2Cl)C1=O. The minimum atomic E-state index is -5.13. The van der Waals surface area contributed by atoms with Crippen molar-refractivity contribution in [2.75, 3.05) is 0 Å². The Kier molecular flexibility index (Phi) is 5.16. The lowest BCUT2D eigenvalue weighted by molar-refractivity contribution is -0.200. The Balaban J connectivity index is 2.15. The summed E-state index contributed by atoms with van der Waals surface area (Å²) in [4.78, 5) is 29.0. The molecule has 0 bridgehead atoms. The second-order valence-electron chi connectivity index (χ2n) is 6.17. The first-order chi connectivity index (χ1) is 13.2. The average Bonchev–Trinajstić information content (AvgIpc) is 2.91. The lowest BCUT2D eigenvalue weighted by Gasteiger charge is -2.28. The van der Waals surface area contributed by atoms with Crippen molar-refractivity contribution in [1.82, 2.24) is 10.2 Å². The first-order valence-electron chi connectivity index (χ1n) is 8.22. The van der Waals surface area contributed by atoms with Crippen molar-refractivity contribution < 1.29 is 22.8 Å². The molecule has 0 aromatic heterocycles. The van der Waals surface area contributed by atoms with Crippen LogP contribution in [0.5, 0.6) is 0 Å². The Hall–Kier alpha value is -2.87. The van der Waals surface area contributed by atoms with E-state index in [1.165, 1.54) is 12.1 Å². The first kappa shape index (κ1) is 19.9. The molecule has 1 unspecified atom stereocenters. The van der Waals surface area contributed by atoms with Crippen molar-refractivity contribution >= 4 is 29.3 Å². The predicted molar refractivity (Wildman–Crippen MR) is 97.6 cm³/mol. The van der Waals surface area contributed by atoms with Gasteiger partial charge in [-0.3, -0.25) is 14.5 Å². The third-order valence-electron chi connectivity index (χ3n) is 4.17. The number of hydrogen-bond acceptors (Lipinski definition) is 3. The average molecular weight is 410 g/mol. The van der Waals surface area contributed by atoms with E-state index in [0.717, 1.165) is 11.8 Å². The zero-order valence-corrected chi connectivity index (χ0v) is 15.4. The van der Waals surface area contributed by atoms with Gasteiger partial charge in [-0.1, -0.05) is 60.1 Å². The summed E-state index contributed by atoms with van der Waals surface area (Å²) in [7, 11) is 0. The minimum absolute atomic E-state index is 0.198. The number of rotatable bonds is 4. The highest BCUT2D eigenvalue weighted by molar-refractivity contribution is 6.31. The number of nitrogens with zero attached hydrogens (tertiary/aromatic N) is 2. The molecule has 2 aromatic rings.